The van der Waals surface area contributed by atoms with Crippen molar-refractivity contribution < 1.29 is 0 Å². The topological polar surface area (TPSA) is 28.7 Å². The predicted octanol–water partition coefficient (Wildman–Crippen LogP) is 6.35. The van der Waals surface area contributed by atoms with E-state index in [9.17, 15) is 0 Å². The van der Waals surface area contributed by atoms with Gasteiger partial charge in [-0.1, -0.05) is 91.0 Å². The van der Waals surface area contributed by atoms with Gasteiger partial charge in [0.15, 0.2) is 0 Å². The summed E-state index contributed by atoms with van der Waals surface area (Å²) in [5, 5.41) is 0. The first-order valence-corrected chi connectivity index (χ1v) is 10.7. The summed E-state index contributed by atoms with van der Waals surface area (Å²) in [5.41, 5.74) is 4.16. The Morgan fingerprint density at radius 1 is 0.690 bits per heavy atom. The molecular weight excluding hydrogens is 376 g/mol. The highest BCUT2D eigenvalue weighted by molar-refractivity contribution is 6.17. The molecule has 0 spiro atoms. The second-order valence-corrected chi connectivity index (χ2v) is 7.61. The van der Waals surface area contributed by atoms with E-state index in [0.717, 1.165) is 30.8 Å². The lowest BCUT2D eigenvalue weighted by Gasteiger charge is -2.34. The van der Waals surface area contributed by atoms with Gasteiger partial charge in [0.05, 0.1) is 5.69 Å². The molecule has 4 aromatic rings. The summed E-state index contributed by atoms with van der Waals surface area (Å²) >= 11 is 5.86. The summed E-state index contributed by atoms with van der Waals surface area (Å²) in [6.45, 7) is 0. The van der Waals surface area contributed by atoms with E-state index in [0.29, 0.717) is 5.88 Å². The van der Waals surface area contributed by atoms with Gasteiger partial charge in [-0.3, -0.25) is 0 Å². The van der Waals surface area contributed by atoms with Crippen molar-refractivity contribution in [2.75, 3.05) is 5.88 Å². The maximum absolute atomic E-state index is 5.86. The Balaban J connectivity index is 1.94. The first-order chi connectivity index (χ1) is 14.4. The molecule has 0 aliphatic carbocycles. The largest absolute Gasteiger partial charge is 0.347 e. The molecule has 0 bridgehead atoms. The number of aromatic amines is 1. The number of halogens is 1. The SMILES string of the molecule is ClCCCCc1c[nH]c(C(c2ccccc2)(c2ccccc2)c2ccccc2)n1. The summed E-state index contributed by atoms with van der Waals surface area (Å²) in [4.78, 5) is 8.61. The zero-order valence-electron chi connectivity index (χ0n) is 16.4. The van der Waals surface area contributed by atoms with E-state index >= 15 is 0 Å². The van der Waals surface area contributed by atoms with Crippen LogP contribution in [-0.2, 0) is 11.8 Å². The van der Waals surface area contributed by atoms with Gasteiger partial charge in [0.25, 0.3) is 0 Å². The molecule has 0 amide bonds. The molecule has 2 nitrogen and oxygen atoms in total. The number of hydrogen-bond donors (Lipinski definition) is 1. The lowest BCUT2D eigenvalue weighted by molar-refractivity contribution is 0.686. The van der Waals surface area contributed by atoms with Crippen molar-refractivity contribution in [3.05, 3.63) is 125 Å². The fourth-order valence-electron chi connectivity index (χ4n) is 4.06. The average Bonchev–Trinajstić information content (AvgIpc) is 3.26. The molecule has 1 heterocycles. The van der Waals surface area contributed by atoms with Crippen LogP contribution in [0, 0.1) is 0 Å². The quantitative estimate of drug-likeness (QED) is 0.208. The van der Waals surface area contributed by atoms with Gasteiger partial charge in [-0.25, -0.2) is 4.98 Å². The van der Waals surface area contributed by atoms with Crippen LogP contribution in [0.3, 0.4) is 0 Å². The first kappa shape index (κ1) is 19.5. The number of rotatable bonds is 8. The molecule has 1 aromatic heterocycles. The van der Waals surface area contributed by atoms with E-state index in [1.165, 1.54) is 16.7 Å². The van der Waals surface area contributed by atoms with Crippen molar-refractivity contribution in [2.24, 2.45) is 0 Å². The molecule has 146 valence electrons. The number of nitrogens with zero attached hydrogens (tertiary/aromatic N) is 1. The molecule has 4 rings (SSSR count). The Morgan fingerprint density at radius 2 is 1.17 bits per heavy atom. The van der Waals surface area contributed by atoms with Gasteiger partial charge in [0, 0.05) is 12.1 Å². The number of hydrogen-bond acceptors (Lipinski definition) is 1. The number of imidazole rings is 1. The van der Waals surface area contributed by atoms with Gasteiger partial charge in [0.2, 0.25) is 0 Å². The van der Waals surface area contributed by atoms with Crippen LogP contribution in [0.25, 0.3) is 0 Å². The lowest BCUT2D eigenvalue weighted by atomic mass is 9.69. The number of alkyl halides is 1. The van der Waals surface area contributed by atoms with Gasteiger partial charge >= 0.3 is 0 Å². The van der Waals surface area contributed by atoms with Crippen LogP contribution in [0.2, 0.25) is 0 Å². The number of benzene rings is 3. The Morgan fingerprint density at radius 3 is 1.62 bits per heavy atom. The second kappa shape index (κ2) is 9.11. The third-order valence-electron chi connectivity index (χ3n) is 5.42. The Bertz CT molecular complexity index is 914. The van der Waals surface area contributed by atoms with Gasteiger partial charge in [-0.2, -0.15) is 0 Å². The first-order valence-electron chi connectivity index (χ1n) is 10.1. The van der Waals surface area contributed by atoms with Crippen LogP contribution >= 0.6 is 11.6 Å². The molecule has 0 radical (unpaired) electrons. The van der Waals surface area contributed by atoms with Crippen molar-refractivity contribution in [1.82, 2.24) is 9.97 Å². The number of aromatic nitrogens is 2. The standard InChI is InChI=1S/C26H25ClN2/c27-19-11-10-18-24-20-28-25(29-24)26(21-12-4-1-5-13-21,22-14-6-2-7-15-22)23-16-8-3-9-17-23/h1-9,12-17,20H,10-11,18-19H2,(H,28,29). The Hall–Kier alpha value is -2.84. The smallest absolute Gasteiger partial charge is 0.126 e. The van der Waals surface area contributed by atoms with E-state index < -0.39 is 5.41 Å². The van der Waals surface area contributed by atoms with Gasteiger partial charge < -0.3 is 4.98 Å². The molecule has 1 N–H and O–H groups in total. The molecule has 0 fully saturated rings. The van der Waals surface area contributed by atoms with Crippen LogP contribution in [0.15, 0.2) is 97.2 Å². The molecule has 3 heteroatoms. The number of nitrogens with one attached hydrogen (secondary N) is 1. The minimum atomic E-state index is -0.505. The van der Waals surface area contributed by atoms with E-state index in [2.05, 4.69) is 96.0 Å². The van der Waals surface area contributed by atoms with Crippen molar-refractivity contribution in [2.45, 2.75) is 24.7 Å². The molecule has 0 saturated carbocycles. The molecule has 0 atom stereocenters. The zero-order valence-corrected chi connectivity index (χ0v) is 17.1. The highest BCUT2D eigenvalue weighted by Gasteiger charge is 2.40. The summed E-state index contributed by atoms with van der Waals surface area (Å²) in [6.07, 6.45) is 5.03. The monoisotopic (exact) mass is 400 g/mol. The third kappa shape index (κ3) is 3.86. The second-order valence-electron chi connectivity index (χ2n) is 7.23. The van der Waals surface area contributed by atoms with Crippen LogP contribution in [-0.4, -0.2) is 15.8 Å². The zero-order chi connectivity index (χ0) is 19.9. The average molecular weight is 401 g/mol. The van der Waals surface area contributed by atoms with Crippen molar-refractivity contribution >= 4 is 11.6 Å². The van der Waals surface area contributed by atoms with Crippen molar-refractivity contribution in [3.63, 3.8) is 0 Å². The molecule has 29 heavy (non-hydrogen) atoms. The maximum Gasteiger partial charge on any atom is 0.126 e. The number of aryl methyl sites for hydroxylation is 1. The highest BCUT2D eigenvalue weighted by atomic mass is 35.5. The molecule has 3 aromatic carbocycles. The maximum atomic E-state index is 5.86. The number of H-pyrrole nitrogens is 1. The van der Waals surface area contributed by atoms with Gasteiger partial charge in [0.1, 0.15) is 11.2 Å². The molecule has 0 saturated heterocycles. The van der Waals surface area contributed by atoms with Gasteiger partial charge in [-0.05, 0) is 36.0 Å². The summed E-state index contributed by atoms with van der Waals surface area (Å²) in [5.74, 6) is 1.64. The lowest BCUT2D eigenvalue weighted by Crippen LogP contribution is -2.32. The molecule has 0 unspecified atom stereocenters. The van der Waals surface area contributed by atoms with Crippen molar-refractivity contribution in [3.8, 4) is 0 Å². The fraction of sp³-hybridized carbons (Fsp3) is 0.192. The normalized spacial score (nSPS) is 11.5. The third-order valence-corrected chi connectivity index (χ3v) is 5.69. The van der Waals surface area contributed by atoms with Gasteiger partial charge in [-0.15, -0.1) is 11.6 Å². The molecular formula is C26H25ClN2. The van der Waals surface area contributed by atoms with Crippen LogP contribution in [0.5, 0.6) is 0 Å². The van der Waals surface area contributed by atoms with Crippen LogP contribution in [0.1, 0.15) is 41.1 Å². The Labute approximate surface area is 177 Å². The Kier molecular flexibility index (Phi) is 6.12. The molecule has 0 aliphatic rings. The molecule has 0 aliphatic heterocycles. The van der Waals surface area contributed by atoms with E-state index in [4.69, 9.17) is 16.6 Å². The summed E-state index contributed by atoms with van der Waals surface area (Å²) in [7, 11) is 0. The minimum Gasteiger partial charge on any atom is -0.347 e. The summed E-state index contributed by atoms with van der Waals surface area (Å²) < 4.78 is 0. The van der Waals surface area contributed by atoms with E-state index in [1.807, 2.05) is 6.20 Å². The van der Waals surface area contributed by atoms with Crippen molar-refractivity contribution in [1.29, 1.82) is 0 Å². The van der Waals surface area contributed by atoms with E-state index in [-0.39, 0.29) is 0 Å². The fourth-order valence-corrected chi connectivity index (χ4v) is 4.24. The number of unbranched alkanes of at least 4 members (excludes halogenated alkanes) is 1. The highest BCUT2D eigenvalue weighted by Crippen LogP contribution is 2.43. The van der Waals surface area contributed by atoms with Crippen LogP contribution in [0.4, 0.5) is 0 Å². The minimum absolute atomic E-state index is 0.505. The van der Waals surface area contributed by atoms with Crippen LogP contribution < -0.4 is 0 Å². The van der Waals surface area contributed by atoms with E-state index in [1.54, 1.807) is 0 Å². The summed E-state index contributed by atoms with van der Waals surface area (Å²) in [6, 6.07) is 31.9. The predicted molar refractivity (Wildman–Crippen MR) is 121 cm³/mol.